The van der Waals surface area contributed by atoms with E-state index in [0.29, 0.717) is 13.2 Å². The largest absolute Gasteiger partial charge is 0.494 e. The lowest BCUT2D eigenvalue weighted by molar-refractivity contribution is -0.00430. The third-order valence-corrected chi connectivity index (χ3v) is 6.25. The molecule has 4 unspecified atom stereocenters. The van der Waals surface area contributed by atoms with Crippen LogP contribution in [0.25, 0.3) is 0 Å². The molecule has 0 bridgehead atoms. The minimum Gasteiger partial charge on any atom is -0.405 e. The third kappa shape index (κ3) is 4.40. The first kappa shape index (κ1) is 21.2. The Hall–Kier alpha value is -2.39. The van der Waals surface area contributed by atoms with Crippen LogP contribution in [-0.4, -0.2) is 59.0 Å². The maximum atomic E-state index is 6.42. The molecule has 3 aliphatic rings. The Kier molecular flexibility index (Phi) is 6.07. The summed E-state index contributed by atoms with van der Waals surface area (Å²) in [6.07, 6.45) is -1.28. The maximum Gasteiger partial charge on any atom is 0.494 e. The molecule has 3 aromatic rings. The zero-order valence-electron chi connectivity index (χ0n) is 18.1. The molecule has 3 heterocycles. The minimum absolute atomic E-state index is 0.284. The molecule has 0 aliphatic carbocycles. The lowest BCUT2D eigenvalue weighted by Crippen LogP contribution is -2.46. The van der Waals surface area contributed by atoms with Crippen molar-refractivity contribution < 1.29 is 27.9 Å². The molecule has 4 atom stereocenters. The Labute approximate surface area is 194 Å². The number of benzene rings is 3. The van der Waals surface area contributed by atoms with Gasteiger partial charge in [-0.25, -0.2) is 0 Å². The van der Waals surface area contributed by atoms with Gasteiger partial charge in [-0.3, -0.25) is 0 Å². The van der Waals surface area contributed by atoms with Crippen molar-refractivity contribution in [3.8, 4) is 0 Å². The molecule has 0 amide bonds. The summed E-state index contributed by atoms with van der Waals surface area (Å²) in [5, 5.41) is 0. The summed E-state index contributed by atoms with van der Waals surface area (Å²) in [5.74, 6) is 0. The molecular formula is C24H23B3O6. The van der Waals surface area contributed by atoms with Gasteiger partial charge < -0.3 is 27.9 Å². The van der Waals surface area contributed by atoms with Gasteiger partial charge in [-0.1, -0.05) is 91.0 Å². The van der Waals surface area contributed by atoms with Crippen LogP contribution in [0, 0.1) is 0 Å². The highest BCUT2D eigenvalue weighted by molar-refractivity contribution is 6.63. The zero-order valence-corrected chi connectivity index (χ0v) is 18.1. The molecule has 9 heteroatoms. The average Bonchev–Trinajstić information content (AvgIpc) is 3.65. The van der Waals surface area contributed by atoms with E-state index < -0.39 is 21.4 Å². The summed E-state index contributed by atoms with van der Waals surface area (Å²) in [4.78, 5) is 0. The van der Waals surface area contributed by atoms with E-state index in [1.54, 1.807) is 0 Å². The van der Waals surface area contributed by atoms with Gasteiger partial charge in [0.25, 0.3) is 0 Å². The lowest BCUT2D eigenvalue weighted by Gasteiger charge is -2.27. The predicted octanol–water partition coefficient (Wildman–Crippen LogP) is 0.787. The fourth-order valence-electron chi connectivity index (χ4n) is 4.59. The summed E-state index contributed by atoms with van der Waals surface area (Å²) in [6, 6.07) is 29.8. The third-order valence-electron chi connectivity index (χ3n) is 6.25. The van der Waals surface area contributed by atoms with Crippen molar-refractivity contribution >= 4 is 37.7 Å². The van der Waals surface area contributed by atoms with E-state index in [4.69, 9.17) is 27.9 Å². The molecular weight excluding hydrogens is 417 g/mol. The van der Waals surface area contributed by atoms with E-state index >= 15 is 0 Å². The summed E-state index contributed by atoms with van der Waals surface area (Å²) in [5.41, 5.74) is 2.93. The second kappa shape index (κ2) is 9.47. The van der Waals surface area contributed by atoms with Crippen LogP contribution >= 0.6 is 0 Å². The van der Waals surface area contributed by atoms with Gasteiger partial charge in [0.05, 0.1) is 37.6 Å². The topological polar surface area (TPSA) is 55.4 Å². The normalized spacial score (nSPS) is 27.5. The van der Waals surface area contributed by atoms with Crippen molar-refractivity contribution in [2.24, 2.45) is 0 Å². The highest BCUT2D eigenvalue weighted by Gasteiger charge is 2.53. The first-order chi connectivity index (χ1) is 16.3. The van der Waals surface area contributed by atoms with Gasteiger partial charge in [-0.15, -0.1) is 0 Å². The lowest BCUT2D eigenvalue weighted by atomic mass is 9.79. The van der Waals surface area contributed by atoms with Crippen LogP contribution in [0.15, 0.2) is 91.0 Å². The SMILES string of the molecule is c1ccc(B2OCC(C3OB(c4ccccc4)OC3C3COB(c4ccccc4)O3)O2)cc1. The molecule has 0 aromatic heterocycles. The number of rotatable bonds is 5. The molecule has 3 aliphatic heterocycles. The van der Waals surface area contributed by atoms with Gasteiger partial charge >= 0.3 is 21.4 Å². The second-order valence-electron chi connectivity index (χ2n) is 8.44. The number of hydrogen-bond acceptors (Lipinski definition) is 6. The highest BCUT2D eigenvalue weighted by Crippen LogP contribution is 2.30. The predicted molar refractivity (Wildman–Crippen MR) is 127 cm³/mol. The monoisotopic (exact) mass is 440 g/mol. The van der Waals surface area contributed by atoms with Gasteiger partial charge in [0.1, 0.15) is 0 Å². The van der Waals surface area contributed by atoms with E-state index in [2.05, 4.69) is 0 Å². The molecule has 6 nitrogen and oxygen atoms in total. The van der Waals surface area contributed by atoms with Crippen molar-refractivity contribution in [3.05, 3.63) is 91.0 Å². The van der Waals surface area contributed by atoms with Crippen molar-refractivity contribution in [2.45, 2.75) is 24.4 Å². The molecule has 0 saturated carbocycles. The van der Waals surface area contributed by atoms with Crippen LogP contribution in [0.4, 0.5) is 0 Å². The summed E-state index contributed by atoms with van der Waals surface area (Å²) in [6.45, 7) is 0.836. The van der Waals surface area contributed by atoms with Crippen molar-refractivity contribution in [2.75, 3.05) is 13.2 Å². The molecule has 33 heavy (non-hydrogen) atoms. The quantitative estimate of drug-likeness (QED) is 0.548. The van der Waals surface area contributed by atoms with Crippen molar-refractivity contribution in [1.82, 2.24) is 0 Å². The molecule has 164 valence electrons. The van der Waals surface area contributed by atoms with E-state index in [1.165, 1.54) is 0 Å². The zero-order chi connectivity index (χ0) is 22.0. The van der Waals surface area contributed by atoms with Crippen molar-refractivity contribution in [1.29, 1.82) is 0 Å². The first-order valence-electron chi connectivity index (χ1n) is 11.3. The Balaban J connectivity index is 1.21. The van der Waals surface area contributed by atoms with E-state index in [9.17, 15) is 0 Å². The van der Waals surface area contributed by atoms with Crippen LogP contribution in [0.1, 0.15) is 0 Å². The fraction of sp³-hybridized carbons (Fsp3) is 0.250. The van der Waals surface area contributed by atoms with Gasteiger partial charge in [0.15, 0.2) is 0 Å². The number of hydrogen-bond donors (Lipinski definition) is 0. The smallest absolute Gasteiger partial charge is 0.405 e. The van der Waals surface area contributed by atoms with Crippen LogP contribution in [0.3, 0.4) is 0 Å². The molecule has 6 rings (SSSR count). The van der Waals surface area contributed by atoms with Crippen LogP contribution < -0.4 is 16.4 Å². The van der Waals surface area contributed by atoms with E-state index in [1.807, 2.05) is 91.0 Å². The Bertz CT molecular complexity index is 978. The van der Waals surface area contributed by atoms with Gasteiger partial charge in [-0.2, -0.15) is 0 Å². The molecule has 0 radical (unpaired) electrons. The van der Waals surface area contributed by atoms with Crippen LogP contribution in [0.2, 0.25) is 0 Å². The van der Waals surface area contributed by atoms with Crippen LogP contribution in [-0.2, 0) is 27.9 Å². The van der Waals surface area contributed by atoms with Crippen LogP contribution in [0.5, 0.6) is 0 Å². The summed E-state index contributed by atoms with van der Waals surface area (Å²) < 4.78 is 37.4. The van der Waals surface area contributed by atoms with Gasteiger partial charge in [-0.05, 0) is 16.4 Å². The molecule has 0 spiro atoms. The highest BCUT2D eigenvalue weighted by atomic mass is 16.7. The maximum absolute atomic E-state index is 6.42. The average molecular weight is 440 g/mol. The second-order valence-corrected chi connectivity index (χ2v) is 8.44. The first-order valence-corrected chi connectivity index (χ1v) is 11.3. The Morgan fingerprint density at radius 3 is 1.21 bits per heavy atom. The van der Waals surface area contributed by atoms with E-state index in [-0.39, 0.29) is 24.4 Å². The summed E-state index contributed by atoms with van der Waals surface area (Å²) >= 11 is 0. The summed E-state index contributed by atoms with van der Waals surface area (Å²) in [7, 11) is -1.34. The van der Waals surface area contributed by atoms with E-state index in [0.717, 1.165) is 16.4 Å². The fourth-order valence-corrected chi connectivity index (χ4v) is 4.59. The molecule has 0 N–H and O–H groups in total. The standard InChI is InChI=1S/C24H23B3O6/c1-4-10-18(11-5-1)25-28-16-21(30-25)23-24(33-27(32-23)20-14-8-3-9-15-20)22-17-29-26(31-22)19-12-6-2-7-13-19/h1-15,21-24H,16-17H2. The van der Waals surface area contributed by atoms with Crippen molar-refractivity contribution in [3.63, 3.8) is 0 Å². The van der Waals surface area contributed by atoms with Gasteiger partial charge in [0, 0.05) is 0 Å². The minimum atomic E-state index is -0.500. The molecule has 3 saturated heterocycles. The Morgan fingerprint density at radius 1 is 0.455 bits per heavy atom. The van der Waals surface area contributed by atoms with Gasteiger partial charge in [0.2, 0.25) is 0 Å². The Morgan fingerprint density at radius 2 is 0.818 bits per heavy atom. The molecule has 3 aromatic carbocycles. The molecule has 3 fully saturated rings.